The largest absolute Gasteiger partial charge is 0.491 e. The standard InChI is InChI=1S/C22H30N4O3/c1-15(2)23-20-9-10-26(25-20)21-14-19(29-22(3,4)5)17-8-7-16(13-18(17)24-21)28-12-11-27-6/h7-10,13-15H,11-12H2,1-6H3,(H,23,25). The molecule has 7 nitrogen and oxygen atoms in total. The minimum Gasteiger partial charge on any atom is -0.491 e. The maximum atomic E-state index is 6.23. The molecule has 1 aromatic carbocycles. The van der Waals surface area contributed by atoms with Gasteiger partial charge in [-0.3, -0.25) is 0 Å². The van der Waals surface area contributed by atoms with Crippen LogP contribution in [0.25, 0.3) is 16.7 Å². The van der Waals surface area contributed by atoms with Crippen molar-refractivity contribution in [1.82, 2.24) is 14.8 Å². The van der Waals surface area contributed by atoms with Crippen LogP contribution in [0.3, 0.4) is 0 Å². The summed E-state index contributed by atoms with van der Waals surface area (Å²) in [5.41, 5.74) is 0.443. The fourth-order valence-corrected chi connectivity index (χ4v) is 2.85. The van der Waals surface area contributed by atoms with Crippen molar-refractivity contribution in [3.8, 4) is 17.3 Å². The van der Waals surface area contributed by atoms with Gasteiger partial charge >= 0.3 is 0 Å². The molecule has 3 rings (SSSR count). The molecule has 0 bridgehead atoms. The van der Waals surface area contributed by atoms with Crippen molar-refractivity contribution in [2.24, 2.45) is 0 Å². The third-order valence-corrected chi connectivity index (χ3v) is 3.96. The van der Waals surface area contributed by atoms with E-state index in [9.17, 15) is 0 Å². The topological polar surface area (TPSA) is 70.4 Å². The Labute approximate surface area is 172 Å². The molecule has 0 saturated heterocycles. The molecule has 0 unspecified atom stereocenters. The lowest BCUT2D eigenvalue weighted by molar-refractivity contribution is 0.133. The zero-order valence-corrected chi connectivity index (χ0v) is 18.0. The van der Waals surface area contributed by atoms with Crippen LogP contribution in [0.1, 0.15) is 34.6 Å². The highest BCUT2D eigenvalue weighted by Crippen LogP contribution is 2.32. The van der Waals surface area contributed by atoms with E-state index in [4.69, 9.17) is 19.2 Å². The second-order valence-corrected chi connectivity index (χ2v) is 8.16. The average molecular weight is 399 g/mol. The van der Waals surface area contributed by atoms with E-state index in [1.54, 1.807) is 11.8 Å². The minimum atomic E-state index is -0.340. The van der Waals surface area contributed by atoms with Crippen molar-refractivity contribution in [1.29, 1.82) is 0 Å². The van der Waals surface area contributed by atoms with Crippen LogP contribution in [0.15, 0.2) is 36.5 Å². The van der Waals surface area contributed by atoms with Crippen molar-refractivity contribution < 1.29 is 14.2 Å². The molecule has 0 aliphatic heterocycles. The van der Waals surface area contributed by atoms with Crippen molar-refractivity contribution in [2.75, 3.05) is 25.6 Å². The van der Waals surface area contributed by atoms with Crippen LogP contribution < -0.4 is 14.8 Å². The number of anilines is 1. The Morgan fingerprint density at radius 2 is 1.90 bits per heavy atom. The number of ether oxygens (including phenoxy) is 3. The van der Waals surface area contributed by atoms with E-state index in [1.165, 1.54) is 0 Å². The van der Waals surface area contributed by atoms with Crippen molar-refractivity contribution in [2.45, 2.75) is 46.3 Å². The van der Waals surface area contributed by atoms with Crippen LogP contribution in [-0.2, 0) is 4.74 Å². The van der Waals surface area contributed by atoms with Gasteiger partial charge in [0.15, 0.2) is 5.82 Å². The minimum absolute atomic E-state index is 0.300. The molecule has 7 heteroatoms. The van der Waals surface area contributed by atoms with Gasteiger partial charge in [0.25, 0.3) is 0 Å². The molecule has 0 aliphatic carbocycles. The summed E-state index contributed by atoms with van der Waals surface area (Å²) >= 11 is 0. The summed E-state index contributed by atoms with van der Waals surface area (Å²) in [6.45, 7) is 11.2. The van der Waals surface area contributed by atoms with Gasteiger partial charge in [0, 0.05) is 42.9 Å². The van der Waals surface area contributed by atoms with Crippen LogP contribution in [-0.4, -0.2) is 46.7 Å². The molecule has 0 amide bonds. The van der Waals surface area contributed by atoms with Crippen molar-refractivity contribution in [3.05, 3.63) is 36.5 Å². The summed E-state index contributed by atoms with van der Waals surface area (Å²) in [6.07, 6.45) is 1.89. The Hall–Kier alpha value is -2.80. The number of fused-ring (bicyclic) bond motifs is 1. The number of aromatic nitrogens is 3. The molecule has 0 atom stereocenters. The highest BCUT2D eigenvalue weighted by Gasteiger charge is 2.17. The summed E-state index contributed by atoms with van der Waals surface area (Å²) in [7, 11) is 1.65. The van der Waals surface area contributed by atoms with Crippen LogP contribution in [0.4, 0.5) is 5.82 Å². The van der Waals surface area contributed by atoms with E-state index in [2.05, 4.69) is 24.3 Å². The molecule has 0 aliphatic rings. The number of nitrogens with one attached hydrogen (secondary N) is 1. The van der Waals surface area contributed by atoms with E-state index >= 15 is 0 Å². The van der Waals surface area contributed by atoms with E-state index < -0.39 is 0 Å². The number of hydrogen-bond acceptors (Lipinski definition) is 6. The van der Waals surface area contributed by atoms with E-state index in [0.29, 0.717) is 25.1 Å². The zero-order valence-electron chi connectivity index (χ0n) is 18.0. The van der Waals surface area contributed by atoms with Gasteiger partial charge in [-0.2, -0.15) is 0 Å². The number of hydrogen-bond donors (Lipinski definition) is 1. The van der Waals surface area contributed by atoms with E-state index in [1.807, 2.05) is 57.3 Å². The Morgan fingerprint density at radius 3 is 2.59 bits per heavy atom. The van der Waals surface area contributed by atoms with E-state index in [0.717, 1.165) is 28.2 Å². The maximum Gasteiger partial charge on any atom is 0.157 e. The lowest BCUT2D eigenvalue weighted by atomic mass is 10.1. The van der Waals surface area contributed by atoms with Gasteiger partial charge in [0.05, 0.1) is 12.1 Å². The molecule has 3 aromatic rings. The predicted molar refractivity (Wildman–Crippen MR) is 115 cm³/mol. The molecule has 0 radical (unpaired) electrons. The van der Waals surface area contributed by atoms with E-state index in [-0.39, 0.29) is 5.60 Å². The second-order valence-electron chi connectivity index (χ2n) is 8.16. The fraction of sp³-hybridized carbons (Fsp3) is 0.455. The molecular formula is C22H30N4O3. The van der Waals surface area contributed by atoms with Crippen LogP contribution in [0.5, 0.6) is 11.5 Å². The van der Waals surface area contributed by atoms with Gasteiger partial charge in [-0.15, -0.1) is 5.10 Å². The quantitative estimate of drug-likeness (QED) is 0.566. The smallest absolute Gasteiger partial charge is 0.157 e. The van der Waals surface area contributed by atoms with Crippen LogP contribution >= 0.6 is 0 Å². The lowest BCUT2D eigenvalue weighted by Gasteiger charge is -2.23. The normalized spacial score (nSPS) is 11.8. The lowest BCUT2D eigenvalue weighted by Crippen LogP contribution is -2.23. The summed E-state index contributed by atoms with van der Waals surface area (Å²) in [4.78, 5) is 4.80. The monoisotopic (exact) mass is 398 g/mol. The van der Waals surface area contributed by atoms with Gasteiger partial charge in [-0.1, -0.05) is 0 Å². The Bertz CT molecular complexity index is 960. The number of benzene rings is 1. The first kappa shape index (κ1) is 20.9. The number of nitrogens with zero attached hydrogens (tertiary/aromatic N) is 3. The first-order valence-electron chi connectivity index (χ1n) is 9.83. The van der Waals surface area contributed by atoms with Crippen LogP contribution in [0.2, 0.25) is 0 Å². The number of pyridine rings is 1. The van der Waals surface area contributed by atoms with Gasteiger partial charge in [0.2, 0.25) is 0 Å². The first-order chi connectivity index (χ1) is 13.7. The predicted octanol–water partition coefficient (Wildman–Crippen LogP) is 4.44. The molecule has 0 saturated carbocycles. The van der Waals surface area contributed by atoms with Crippen molar-refractivity contribution >= 4 is 16.7 Å². The number of rotatable bonds is 8. The fourth-order valence-electron chi connectivity index (χ4n) is 2.85. The molecule has 29 heavy (non-hydrogen) atoms. The summed E-state index contributed by atoms with van der Waals surface area (Å²) in [6, 6.07) is 9.97. The number of methoxy groups -OCH3 is 1. The average Bonchev–Trinajstić information content (AvgIpc) is 3.08. The third kappa shape index (κ3) is 5.60. The molecule has 0 spiro atoms. The maximum absolute atomic E-state index is 6.23. The summed E-state index contributed by atoms with van der Waals surface area (Å²) < 4.78 is 18.8. The summed E-state index contributed by atoms with van der Waals surface area (Å²) in [5.74, 6) is 2.98. The van der Waals surface area contributed by atoms with Gasteiger partial charge in [-0.25, -0.2) is 9.67 Å². The third-order valence-electron chi connectivity index (χ3n) is 3.96. The Morgan fingerprint density at radius 1 is 1.10 bits per heavy atom. The van der Waals surface area contributed by atoms with Crippen LogP contribution in [0, 0.1) is 0 Å². The summed E-state index contributed by atoms with van der Waals surface area (Å²) in [5, 5.41) is 8.81. The first-order valence-corrected chi connectivity index (χ1v) is 9.83. The molecule has 156 valence electrons. The van der Waals surface area contributed by atoms with Gasteiger partial charge in [-0.05, 0) is 46.8 Å². The molecule has 2 heterocycles. The SMILES string of the molecule is COCCOc1ccc2c(OC(C)(C)C)cc(-n3ccc(NC(C)C)n3)nc2c1. The molecule has 1 N–H and O–H groups in total. The Balaban J connectivity index is 2.03. The Kier molecular flexibility index (Phi) is 6.27. The van der Waals surface area contributed by atoms with Gasteiger partial charge in [0.1, 0.15) is 29.5 Å². The molecular weight excluding hydrogens is 368 g/mol. The van der Waals surface area contributed by atoms with Crippen molar-refractivity contribution in [3.63, 3.8) is 0 Å². The zero-order chi connectivity index (χ0) is 21.0. The highest BCUT2D eigenvalue weighted by molar-refractivity contribution is 5.87. The second kappa shape index (κ2) is 8.69. The highest BCUT2D eigenvalue weighted by atomic mass is 16.5. The van der Waals surface area contributed by atoms with Gasteiger partial charge < -0.3 is 19.5 Å². The molecule has 0 fully saturated rings. The molecule has 2 aromatic heterocycles.